The Morgan fingerprint density at radius 1 is 1.31 bits per heavy atom. The molecule has 6 nitrogen and oxygen atoms in total. The minimum atomic E-state index is -0.811. The Hall–Kier alpha value is -2.48. The number of nitrogens with one attached hydrogen (secondary N) is 1. The third kappa shape index (κ3) is 4.57. The number of esters is 2. The van der Waals surface area contributed by atoms with Gasteiger partial charge in [0.2, 0.25) is 0 Å². The van der Waals surface area contributed by atoms with Gasteiger partial charge in [0.25, 0.3) is 5.91 Å². The Balaban J connectivity index is 1.98. The second-order valence-electron chi connectivity index (χ2n) is 5.79. The van der Waals surface area contributed by atoms with Crippen molar-refractivity contribution in [3.05, 3.63) is 35.0 Å². The SMILES string of the molecule is CC[C@@H](C)[C@@H](NC(=O)COC(=O)c1cc2c(F)cccc2s1)C(=O)OC. The normalized spacial score (nSPS) is 13.1. The van der Waals surface area contributed by atoms with Crippen LogP contribution >= 0.6 is 11.3 Å². The number of carbonyl (C=O) groups is 3. The monoisotopic (exact) mass is 381 g/mol. The van der Waals surface area contributed by atoms with Crippen molar-refractivity contribution in [2.75, 3.05) is 13.7 Å². The number of amides is 1. The van der Waals surface area contributed by atoms with Crippen molar-refractivity contribution < 1.29 is 28.2 Å². The van der Waals surface area contributed by atoms with E-state index in [1.54, 1.807) is 19.1 Å². The van der Waals surface area contributed by atoms with E-state index in [1.165, 1.54) is 19.2 Å². The second kappa shape index (κ2) is 8.75. The second-order valence-corrected chi connectivity index (χ2v) is 6.88. The topological polar surface area (TPSA) is 81.7 Å². The molecule has 140 valence electrons. The number of methoxy groups -OCH3 is 1. The van der Waals surface area contributed by atoms with Crippen LogP contribution in [0.2, 0.25) is 0 Å². The molecule has 1 aromatic heterocycles. The van der Waals surface area contributed by atoms with Gasteiger partial charge in [-0.15, -0.1) is 11.3 Å². The van der Waals surface area contributed by atoms with Gasteiger partial charge in [0.1, 0.15) is 16.7 Å². The summed E-state index contributed by atoms with van der Waals surface area (Å²) in [6, 6.07) is 5.14. The van der Waals surface area contributed by atoms with E-state index in [-0.39, 0.29) is 10.8 Å². The fourth-order valence-electron chi connectivity index (χ4n) is 2.34. The van der Waals surface area contributed by atoms with Crippen molar-refractivity contribution in [1.29, 1.82) is 0 Å². The van der Waals surface area contributed by atoms with Crippen molar-refractivity contribution in [3.63, 3.8) is 0 Å². The molecule has 2 atom stereocenters. The predicted molar refractivity (Wildman–Crippen MR) is 95.5 cm³/mol. The first-order valence-electron chi connectivity index (χ1n) is 8.09. The lowest BCUT2D eigenvalue weighted by molar-refractivity contribution is -0.147. The van der Waals surface area contributed by atoms with E-state index in [9.17, 15) is 18.8 Å². The lowest BCUT2D eigenvalue weighted by Crippen LogP contribution is -2.47. The number of carbonyl (C=O) groups excluding carboxylic acids is 3. The highest BCUT2D eigenvalue weighted by Crippen LogP contribution is 2.28. The van der Waals surface area contributed by atoms with Gasteiger partial charge in [-0.1, -0.05) is 26.3 Å². The van der Waals surface area contributed by atoms with Gasteiger partial charge in [-0.3, -0.25) is 4.79 Å². The average Bonchev–Trinajstić information content (AvgIpc) is 3.08. The Morgan fingerprint density at radius 2 is 2.04 bits per heavy atom. The highest BCUT2D eigenvalue weighted by molar-refractivity contribution is 7.20. The van der Waals surface area contributed by atoms with Crippen LogP contribution in [0.1, 0.15) is 29.9 Å². The molecule has 0 aliphatic rings. The van der Waals surface area contributed by atoms with Gasteiger partial charge in [-0.2, -0.15) is 0 Å². The molecule has 26 heavy (non-hydrogen) atoms. The van der Waals surface area contributed by atoms with E-state index in [4.69, 9.17) is 4.74 Å². The average molecular weight is 381 g/mol. The lowest BCUT2D eigenvalue weighted by atomic mass is 9.99. The zero-order chi connectivity index (χ0) is 19.3. The number of thiophene rings is 1. The summed E-state index contributed by atoms with van der Waals surface area (Å²) in [4.78, 5) is 36.1. The van der Waals surface area contributed by atoms with E-state index in [1.807, 2.05) is 6.92 Å². The maximum absolute atomic E-state index is 13.7. The van der Waals surface area contributed by atoms with Crippen LogP contribution < -0.4 is 5.32 Å². The van der Waals surface area contributed by atoms with Gasteiger partial charge in [-0.05, 0) is 24.1 Å². The van der Waals surface area contributed by atoms with Crippen LogP contribution in [0.3, 0.4) is 0 Å². The highest BCUT2D eigenvalue weighted by Gasteiger charge is 2.27. The first-order valence-corrected chi connectivity index (χ1v) is 8.91. The third-order valence-corrected chi connectivity index (χ3v) is 5.11. The Bertz CT molecular complexity index is 819. The molecule has 0 spiro atoms. The zero-order valence-electron chi connectivity index (χ0n) is 14.7. The van der Waals surface area contributed by atoms with Crippen molar-refractivity contribution in [3.8, 4) is 0 Å². The summed E-state index contributed by atoms with van der Waals surface area (Å²) in [5.41, 5.74) is 0. The first kappa shape index (κ1) is 19.8. The fourth-order valence-corrected chi connectivity index (χ4v) is 3.31. The maximum Gasteiger partial charge on any atom is 0.348 e. The van der Waals surface area contributed by atoms with Gasteiger partial charge in [0.15, 0.2) is 6.61 Å². The van der Waals surface area contributed by atoms with Gasteiger partial charge < -0.3 is 14.8 Å². The molecule has 0 aliphatic carbocycles. The van der Waals surface area contributed by atoms with Crippen LogP contribution in [0.4, 0.5) is 4.39 Å². The molecule has 0 saturated heterocycles. The van der Waals surface area contributed by atoms with Crippen LogP contribution in [0.25, 0.3) is 10.1 Å². The summed E-state index contributed by atoms with van der Waals surface area (Å²) in [7, 11) is 1.24. The molecule has 2 aromatic rings. The smallest absolute Gasteiger partial charge is 0.348 e. The Labute approximate surface area is 154 Å². The molecular weight excluding hydrogens is 361 g/mol. The minimum absolute atomic E-state index is 0.132. The molecule has 0 aliphatic heterocycles. The van der Waals surface area contributed by atoms with E-state index in [0.717, 1.165) is 11.3 Å². The van der Waals surface area contributed by atoms with E-state index >= 15 is 0 Å². The number of rotatable bonds is 7. The molecule has 0 bridgehead atoms. The highest BCUT2D eigenvalue weighted by atomic mass is 32.1. The summed E-state index contributed by atoms with van der Waals surface area (Å²) >= 11 is 1.08. The summed E-state index contributed by atoms with van der Waals surface area (Å²) in [6.07, 6.45) is 0.660. The van der Waals surface area contributed by atoms with Crippen molar-refractivity contribution in [2.45, 2.75) is 26.3 Å². The molecule has 0 unspecified atom stereocenters. The number of hydrogen-bond acceptors (Lipinski definition) is 6. The van der Waals surface area contributed by atoms with Crippen LogP contribution in [0.5, 0.6) is 0 Å². The third-order valence-electron chi connectivity index (χ3n) is 4.03. The molecule has 2 rings (SSSR count). The van der Waals surface area contributed by atoms with Crippen LogP contribution in [-0.4, -0.2) is 37.6 Å². The zero-order valence-corrected chi connectivity index (χ0v) is 15.5. The molecule has 8 heteroatoms. The van der Waals surface area contributed by atoms with Crippen molar-refractivity contribution in [2.24, 2.45) is 5.92 Å². The molecule has 0 saturated carbocycles. The van der Waals surface area contributed by atoms with E-state index in [2.05, 4.69) is 10.1 Å². The largest absolute Gasteiger partial charge is 0.467 e. The van der Waals surface area contributed by atoms with Gasteiger partial charge in [0, 0.05) is 10.1 Å². The van der Waals surface area contributed by atoms with E-state index in [0.29, 0.717) is 16.5 Å². The van der Waals surface area contributed by atoms with Crippen LogP contribution in [0, 0.1) is 11.7 Å². The number of benzene rings is 1. The summed E-state index contributed by atoms with van der Waals surface area (Å²) in [5.74, 6) is -2.45. The molecule has 1 heterocycles. The first-order chi connectivity index (χ1) is 12.4. The van der Waals surface area contributed by atoms with Gasteiger partial charge in [-0.25, -0.2) is 14.0 Å². The molecular formula is C18H20FNO5S. The number of ether oxygens (including phenoxy) is 2. The summed E-state index contributed by atoms with van der Waals surface area (Å²) in [5, 5.41) is 2.84. The number of fused-ring (bicyclic) bond motifs is 1. The van der Waals surface area contributed by atoms with Gasteiger partial charge in [0.05, 0.1) is 7.11 Å². The molecule has 1 aromatic carbocycles. The van der Waals surface area contributed by atoms with Crippen LogP contribution in [0.15, 0.2) is 24.3 Å². The number of halogens is 1. The molecule has 0 radical (unpaired) electrons. The maximum atomic E-state index is 13.7. The molecule has 1 N–H and O–H groups in total. The molecule has 1 amide bonds. The fraction of sp³-hybridized carbons (Fsp3) is 0.389. The summed E-state index contributed by atoms with van der Waals surface area (Å²) < 4.78 is 24.0. The van der Waals surface area contributed by atoms with Gasteiger partial charge >= 0.3 is 11.9 Å². The van der Waals surface area contributed by atoms with Crippen molar-refractivity contribution in [1.82, 2.24) is 5.32 Å². The number of hydrogen-bond donors (Lipinski definition) is 1. The molecule has 0 fully saturated rings. The standard InChI is InChI=1S/C18H20FNO5S/c1-4-10(2)16(18(23)24-3)20-15(21)9-25-17(22)14-8-11-12(19)6-5-7-13(11)26-14/h5-8,10,16H,4,9H2,1-3H3,(H,20,21)/t10-,16-/m1/s1. The quantitative estimate of drug-likeness (QED) is 0.746. The predicted octanol–water partition coefficient (Wildman–Crippen LogP) is 2.90. The van der Waals surface area contributed by atoms with Crippen molar-refractivity contribution >= 4 is 39.3 Å². The van der Waals surface area contributed by atoms with E-state index < -0.39 is 36.3 Å². The minimum Gasteiger partial charge on any atom is -0.467 e. The Kier molecular flexibility index (Phi) is 6.68. The Morgan fingerprint density at radius 3 is 2.65 bits per heavy atom. The summed E-state index contributed by atoms with van der Waals surface area (Å²) in [6.45, 7) is 3.15. The van der Waals surface area contributed by atoms with Crippen LogP contribution in [-0.2, 0) is 19.1 Å². The lowest BCUT2D eigenvalue weighted by Gasteiger charge is -2.21.